The maximum Gasteiger partial charge on any atom is 0.454 e. The van der Waals surface area contributed by atoms with Crippen molar-refractivity contribution in [2.24, 2.45) is 0 Å². The molecule has 0 saturated heterocycles. The van der Waals surface area contributed by atoms with Crippen molar-refractivity contribution in [3.05, 3.63) is 35.4 Å². The van der Waals surface area contributed by atoms with E-state index in [1.165, 1.54) is 18.2 Å². The zero-order valence-electron chi connectivity index (χ0n) is 11.3. The SMILES string of the molecule is O=C(c1ccccc1C1C(O)CCCCC1O)C(F)(F)F. The van der Waals surface area contributed by atoms with Crippen LogP contribution in [-0.4, -0.2) is 34.4 Å². The monoisotopic (exact) mass is 302 g/mol. The molecule has 2 unspecified atom stereocenters. The van der Waals surface area contributed by atoms with Crippen LogP contribution in [0.3, 0.4) is 0 Å². The second-order valence-corrected chi connectivity index (χ2v) is 5.36. The Bertz CT molecular complexity index is 501. The van der Waals surface area contributed by atoms with Crippen molar-refractivity contribution in [2.45, 2.75) is 50.0 Å². The van der Waals surface area contributed by atoms with Crippen molar-refractivity contribution >= 4 is 5.78 Å². The van der Waals surface area contributed by atoms with Crippen LogP contribution in [0.2, 0.25) is 0 Å². The summed E-state index contributed by atoms with van der Waals surface area (Å²) in [6, 6.07) is 5.32. The van der Waals surface area contributed by atoms with Crippen molar-refractivity contribution in [2.75, 3.05) is 0 Å². The molecular formula is C15H17F3O3. The van der Waals surface area contributed by atoms with E-state index < -0.39 is 35.6 Å². The molecule has 3 nitrogen and oxygen atoms in total. The lowest BCUT2D eigenvalue weighted by Gasteiger charge is -2.27. The first kappa shape index (κ1) is 16.0. The molecule has 1 saturated carbocycles. The van der Waals surface area contributed by atoms with E-state index in [4.69, 9.17) is 0 Å². The summed E-state index contributed by atoms with van der Waals surface area (Å²) in [6.07, 6.45) is -4.69. The third-order valence-electron chi connectivity index (χ3n) is 3.90. The van der Waals surface area contributed by atoms with Crippen molar-refractivity contribution in [1.82, 2.24) is 0 Å². The number of carbonyl (C=O) groups is 1. The molecule has 1 aromatic rings. The Morgan fingerprint density at radius 3 is 2.10 bits per heavy atom. The highest BCUT2D eigenvalue weighted by Crippen LogP contribution is 2.36. The number of aliphatic hydroxyl groups is 2. The summed E-state index contributed by atoms with van der Waals surface area (Å²) in [5.74, 6) is -2.81. The number of halogens is 3. The van der Waals surface area contributed by atoms with E-state index in [2.05, 4.69) is 0 Å². The third-order valence-corrected chi connectivity index (χ3v) is 3.90. The quantitative estimate of drug-likeness (QED) is 0.652. The van der Waals surface area contributed by atoms with E-state index in [9.17, 15) is 28.2 Å². The molecule has 116 valence electrons. The van der Waals surface area contributed by atoms with Crippen LogP contribution < -0.4 is 0 Å². The van der Waals surface area contributed by atoms with E-state index in [0.717, 1.165) is 6.07 Å². The van der Waals surface area contributed by atoms with E-state index in [0.29, 0.717) is 25.7 Å². The summed E-state index contributed by atoms with van der Waals surface area (Å²) in [6.45, 7) is 0. The molecule has 0 aromatic heterocycles. The Hall–Kier alpha value is -1.40. The molecule has 0 bridgehead atoms. The van der Waals surface area contributed by atoms with Crippen LogP contribution in [0.25, 0.3) is 0 Å². The fourth-order valence-corrected chi connectivity index (χ4v) is 2.88. The fourth-order valence-electron chi connectivity index (χ4n) is 2.88. The maximum atomic E-state index is 12.7. The predicted molar refractivity (Wildman–Crippen MR) is 70.1 cm³/mol. The molecule has 1 fully saturated rings. The van der Waals surface area contributed by atoms with Crippen LogP contribution in [0.5, 0.6) is 0 Å². The van der Waals surface area contributed by atoms with Gasteiger partial charge in [0, 0.05) is 11.5 Å². The number of alkyl halides is 3. The summed E-state index contributed by atoms with van der Waals surface area (Å²) in [5.41, 5.74) is -0.420. The number of hydrogen-bond acceptors (Lipinski definition) is 3. The number of benzene rings is 1. The van der Waals surface area contributed by atoms with Gasteiger partial charge in [0.15, 0.2) is 0 Å². The van der Waals surface area contributed by atoms with Gasteiger partial charge in [-0.1, -0.05) is 37.1 Å². The normalized spacial score (nSPS) is 27.2. The number of ketones is 1. The van der Waals surface area contributed by atoms with E-state index in [1.807, 2.05) is 0 Å². The lowest BCUT2D eigenvalue weighted by atomic mass is 9.83. The Balaban J connectivity index is 2.45. The van der Waals surface area contributed by atoms with Gasteiger partial charge in [0.25, 0.3) is 5.78 Å². The van der Waals surface area contributed by atoms with Gasteiger partial charge >= 0.3 is 6.18 Å². The lowest BCUT2D eigenvalue weighted by Crippen LogP contribution is -2.31. The molecule has 0 spiro atoms. The Kier molecular flexibility index (Phi) is 4.68. The minimum absolute atomic E-state index is 0.0710. The van der Waals surface area contributed by atoms with Crippen LogP contribution in [0.4, 0.5) is 13.2 Å². The third kappa shape index (κ3) is 3.44. The molecule has 0 amide bonds. The molecule has 6 heteroatoms. The zero-order valence-corrected chi connectivity index (χ0v) is 11.3. The molecule has 0 aliphatic heterocycles. The van der Waals surface area contributed by atoms with Gasteiger partial charge in [-0.15, -0.1) is 0 Å². The maximum absolute atomic E-state index is 12.7. The zero-order chi connectivity index (χ0) is 15.6. The lowest BCUT2D eigenvalue weighted by molar-refractivity contribution is -0.0887. The average molecular weight is 302 g/mol. The molecule has 1 aromatic carbocycles. The van der Waals surface area contributed by atoms with Gasteiger partial charge in [0.1, 0.15) is 0 Å². The Labute approximate surface area is 120 Å². The first-order valence-electron chi connectivity index (χ1n) is 6.89. The molecule has 1 aliphatic carbocycles. The van der Waals surface area contributed by atoms with Crippen molar-refractivity contribution in [3.63, 3.8) is 0 Å². The molecule has 2 N–H and O–H groups in total. The van der Waals surface area contributed by atoms with Crippen LogP contribution in [-0.2, 0) is 0 Å². The van der Waals surface area contributed by atoms with E-state index >= 15 is 0 Å². The Morgan fingerprint density at radius 2 is 1.57 bits per heavy atom. The highest BCUT2D eigenvalue weighted by atomic mass is 19.4. The minimum Gasteiger partial charge on any atom is -0.392 e. The largest absolute Gasteiger partial charge is 0.454 e. The van der Waals surface area contributed by atoms with Crippen molar-refractivity contribution < 1.29 is 28.2 Å². The average Bonchev–Trinajstić information content (AvgIpc) is 2.58. The second-order valence-electron chi connectivity index (χ2n) is 5.36. The van der Waals surface area contributed by atoms with Gasteiger partial charge in [-0.3, -0.25) is 4.79 Å². The highest BCUT2D eigenvalue weighted by molar-refractivity contribution is 6.01. The summed E-state index contributed by atoms with van der Waals surface area (Å²) < 4.78 is 38.0. The van der Waals surface area contributed by atoms with Crippen molar-refractivity contribution in [1.29, 1.82) is 0 Å². The van der Waals surface area contributed by atoms with E-state index in [-0.39, 0.29) is 5.56 Å². The minimum atomic E-state index is -4.98. The molecule has 1 aliphatic rings. The highest BCUT2D eigenvalue weighted by Gasteiger charge is 2.42. The van der Waals surface area contributed by atoms with E-state index in [1.54, 1.807) is 0 Å². The summed E-state index contributed by atoms with van der Waals surface area (Å²) in [7, 11) is 0. The van der Waals surface area contributed by atoms with Gasteiger partial charge in [-0.05, 0) is 18.4 Å². The first-order chi connectivity index (χ1) is 9.82. The summed E-state index contributed by atoms with van der Waals surface area (Å²) >= 11 is 0. The van der Waals surface area contributed by atoms with Gasteiger partial charge in [-0.25, -0.2) is 0 Å². The van der Waals surface area contributed by atoms with Gasteiger partial charge in [0.2, 0.25) is 0 Å². The Morgan fingerprint density at radius 1 is 1.05 bits per heavy atom. The molecular weight excluding hydrogens is 285 g/mol. The number of Topliss-reactive ketones (excluding diaryl/α,β-unsaturated/α-hetero) is 1. The smallest absolute Gasteiger partial charge is 0.392 e. The van der Waals surface area contributed by atoms with Crippen LogP contribution in [0.15, 0.2) is 24.3 Å². The van der Waals surface area contributed by atoms with Crippen LogP contribution in [0.1, 0.15) is 47.5 Å². The summed E-state index contributed by atoms with van der Waals surface area (Å²) in [4.78, 5) is 11.5. The number of carbonyl (C=O) groups excluding carboxylic acids is 1. The summed E-state index contributed by atoms with van der Waals surface area (Å²) in [5, 5.41) is 20.3. The molecule has 0 radical (unpaired) electrons. The topological polar surface area (TPSA) is 57.5 Å². The molecule has 2 rings (SSSR count). The van der Waals surface area contributed by atoms with Crippen LogP contribution >= 0.6 is 0 Å². The second kappa shape index (κ2) is 6.15. The molecule has 2 atom stereocenters. The standard InChI is InChI=1S/C15H17F3O3/c16-15(17,18)14(21)10-6-2-1-5-9(10)13-11(19)7-3-4-8-12(13)20/h1-2,5-6,11-13,19-20H,3-4,7-8H2. The van der Waals surface area contributed by atoms with Gasteiger partial charge in [0.05, 0.1) is 12.2 Å². The van der Waals surface area contributed by atoms with Crippen LogP contribution in [0, 0.1) is 0 Å². The van der Waals surface area contributed by atoms with Crippen molar-refractivity contribution in [3.8, 4) is 0 Å². The number of aliphatic hydroxyl groups excluding tert-OH is 2. The number of hydrogen-bond donors (Lipinski definition) is 2. The van der Waals surface area contributed by atoms with Gasteiger partial charge in [-0.2, -0.15) is 13.2 Å². The van der Waals surface area contributed by atoms with Gasteiger partial charge < -0.3 is 10.2 Å². The molecule has 21 heavy (non-hydrogen) atoms. The molecule has 0 heterocycles. The first-order valence-corrected chi connectivity index (χ1v) is 6.89. The predicted octanol–water partition coefficient (Wildman–Crippen LogP) is 2.81. The number of rotatable bonds is 2. The fraction of sp³-hybridized carbons (Fsp3) is 0.533.